The summed E-state index contributed by atoms with van der Waals surface area (Å²) in [7, 11) is 0. The molecule has 1 aromatic heterocycles. The first-order valence-corrected chi connectivity index (χ1v) is 7.91. The highest BCUT2D eigenvalue weighted by Crippen LogP contribution is 2.29. The van der Waals surface area contributed by atoms with Gasteiger partial charge in [0, 0.05) is 24.3 Å². The maximum absolute atomic E-state index is 11.2. The Hall–Kier alpha value is -1.39. The fraction of sp³-hybridized carbons (Fsp3) is 0.438. The number of carbonyl (C=O) groups is 1. The van der Waals surface area contributed by atoms with Gasteiger partial charge in [0.15, 0.2) is 0 Å². The van der Waals surface area contributed by atoms with E-state index in [1.165, 1.54) is 15.6 Å². The zero-order valence-corrected chi connectivity index (χ0v) is 12.4. The Balaban J connectivity index is 1.78. The van der Waals surface area contributed by atoms with Gasteiger partial charge in [0.1, 0.15) is 0 Å². The third kappa shape index (κ3) is 2.72. The molecule has 2 heterocycles. The summed E-state index contributed by atoms with van der Waals surface area (Å²) in [6, 6.07) is 8.43. The van der Waals surface area contributed by atoms with Crippen molar-refractivity contribution in [3.05, 3.63) is 35.2 Å². The van der Waals surface area contributed by atoms with Crippen molar-refractivity contribution in [2.24, 2.45) is 11.8 Å². The fourth-order valence-electron chi connectivity index (χ4n) is 3.17. The number of hydrogen-bond donors (Lipinski definition) is 1. The largest absolute Gasteiger partial charge is 0.481 e. The zero-order chi connectivity index (χ0) is 14.1. The van der Waals surface area contributed by atoms with E-state index in [0.29, 0.717) is 12.5 Å². The van der Waals surface area contributed by atoms with Crippen molar-refractivity contribution in [1.82, 2.24) is 4.90 Å². The van der Waals surface area contributed by atoms with Crippen LogP contribution in [-0.4, -0.2) is 29.1 Å². The Morgan fingerprint density at radius 3 is 3.00 bits per heavy atom. The first-order valence-electron chi connectivity index (χ1n) is 7.03. The lowest BCUT2D eigenvalue weighted by molar-refractivity contribution is -0.144. The second-order valence-electron chi connectivity index (χ2n) is 5.83. The normalized spacial score (nSPS) is 24.1. The van der Waals surface area contributed by atoms with E-state index in [2.05, 4.69) is 41.5 Å². The van der Waals surface area contributed by atoms with Crippen LogP contribution in [0.5, 0.6) is 0 Å². The Morgan fingerprint density at radius 1 is 1.40 bits per heavy atom. The van der Waals surface area contributed by atoms with Crippen LogP contribution in [0, 0.1) is 11.8 Å². The Bertz CT molecular complexity index is 622. The van der Waals surface area contributed by atoms with E-state index >= 15 is 0 Å². The predicted octanol–water partition coefficient (Wildman–Crippen LogP) is 3.44. The van der Waals surface area contributed by atoms with Gasteiger partial charge in [0.05, 0.1) is 5.92 Å². The number of fused-ring (bicyclic) bond motifs is 1. The number of rotatable bonds is 3. The van der Waals surface area contributed by atoms with Crippen LogP contribution in [0.2, 0.25) is 0 Å². The fourth-order valence-corrected chi connectivity index (χ4v) is 4.12. The molecular formula is C16H19NO2S. The molecule has 106 valence electrons. The van der Waals surface area contributed by atoms with E-state index < -0.39 is 5.97 Å². The van der Waals surface area contributed by atoms with Crippen molar-refractivity contribution in [3.8, 4) is 0 Å². The van der Waals surface area contributed by atoms with Gasteiger partial charge in [-0.3, -0.25) is 9.69 Å². The van der Waals surface area contributed by atoms with Gasteiger partial charge in [-0.1, -0.05) is 25.1 Å². The summed E-state index contributed by atoms with van der Waals surface area (Å²) in [5.41, 5.74) is 1.32. The maximum Gasteiger partial charge on any atom is 0.307 e. The van der Waals surface area contributed by atoms with Gasteiger partial charge in [-0.15, -0.1) is 11.3 Å². The topological polar surface area (TPSA) is 40.5 Å². The van der Waals surface area contributed by atoms with Gasteiger partial charge in [0.2, 0.25) is 0 Å². The molecule has 1 aromatic carbocycles. The molecule has 0 amide bonds. The molecular weight excluding hydrogens is 270 g/mol. The van der Waals surface area contributed by atoms with E-state index in [4.69, 9.17) is 0 Å². The average molecular weight is 289 g/mol. The molecule has 1 fully saturated rings. The number of carboxylic acid groups (broad SMARTS) is 1. The molecule has 0 radical (unpaired) electrons. The quantitative estimate of drug-likeness (QED) is 0.941. The van der Waals surface area contributed by atoms with Crippen molar-refractivity contribution >= 4 is 27.4 Å². The highest BCUT2D eigenvalue weighted by molar-refractivity contribution is 7.17. The summed E-state index contributed by atoms with van der Waals surface area (Å²) >= 11 is 1.77. The van der Waals surface area contributed by atoms with Gasteiger partial charge < -0.3 is 5.11 Å². The molecule has 0 spiro atoms. The van der Waals surface area contributed by atoms with Crippen molar-refractivity contribution in [2.75, 3.05) is 13.1 Å². The van der Waals surface area contributed by atoms with Gasteiger partial charge in [-0.2, -0.15) is 0 Å². The van der Waals surface area contributed by atoms with E-state index in [0.717, 1.165) is 19.5 Å². The molecule has 0 aliphatic carbocycles. The molecule has 1 saturated heterocycles. The third-order valence-corrected chi connectivity index (χ3v) is 5.05. The van der Waals surface area contributed by atoms with Crippen molar-refractivity contribution in [1.29, 1.82) is 0 Å². The van der Waals surface area contributed by atoms with Gasteiger partial charge in [0.25, 0.3) is 0 Å². The Kier molecular flexibility index (Phi) is 3.76. The molecule has 1 aliphatic heterocycles. The molecule has 1 N–H and O–H groups in total. The molecule has 3 nitrogen and oxygen atoms in total. The zero-order valence-electron chi connectivity index (χ0n) is 11.6. The van der Waals surface area contributed by atoms with Crippen LogP contribution in [0.1, 0.15) is 18.9 Å². The summed E-state index contributed by atoms with van der Waals surface area (Å²) in [6.45, 7) is 4.67. The third-order valence-electron chi connectivity index (χ3n) is 4.04. The highest BCUT2D eigenvalue weighted by Gasteiger charge is 2.29. The van der Waals surface area contributed by atoms with Crippen LogP contribution >= 0.6 is 11.3 Å². The minimum Gasteiger partial charge on any atom is -0.481 e. The van der Waals surface area contributed by atoms with Crippen LogP contribution in [0.4, 0.5) is 0 Å². The first-order chi connectivity index (χ1) is 9.63. The molecule has 2 unspecified atom stereocenters. The monoisotopic (exact) mass is 289 g/mol. The molecule has 4 heteroatoms. The summed E-state index contributed by atoms with van der Waals surface area (Å²) in [6.07, 6.45) is 0.802. The van der Waals surface area contributed by atoms with Crippen LogP contribution in [0.15, 0.2) is 29.6 Å². The smallest absolute Gasteiger partial charge is 0.307 e. The number of likely N-dealkylation sites (tertiary alicyclic amines) is 1. The number of piperidine rings is 1. The lowest BCUT2D eigenvalue weighted by atomic mass is 9.90. The predicted molar refractivity (Wildman–Crippen MR) is 82.0 cm³/mol. The number of carboxylic acids is 1. The van der Waals surface area contributed by atoms with Crippen molar-refractivity contribution in [3.63, 3.8) is 0 Å². The van der Waals surface area contributed by atoms with Gasteiger partial charge in [-0.25, -0.2) is 0 Å². The minimum atomic E-state index is -0.656. The summed E-state index contributed by atoms with van der Waals surface area (Å²) in [4.78, 5) is 13.5. The number of nitrogens with zero attached hydrogens (tertiary/aromatic N) is 1. The van der Waals surface area contributed by atoms with E-state index in [9.17, 15) is 9.90 Å². The number of aliphatic carboxylic acids is 1. The second kappa shape index (κ2) is 5.54. The number of thiophene rings is 1. The van der Waals surface area contributed by atoms with Gasteiger partial charge >= 0.3 is 5.97 Å². The minimum absolute atomic E-state index is 0.219. The molecule has 0 saturated carbocycles. The van der Waals surface area contributed by atoms with E-state index in [-0.39, 0.29) is 5.92 Å². The molecule has 2 atom stereocenters. The van der Waals surface area contributed by atoms with Crippen molar-refractivity contribution < 1.29 is 9.90 Å². The lowest BCUT2D eigenvalue weighted by Gasteiger charge is -2.34. The standard InChI is InChI=1S/C16H19NO2S/c1-11-6-12(16(18)19)8-17(7-11)9-13-10-20-15-5-3-2-4-14(13)15/h2-5,10-12H,6-9H2,1H3,(H,18,19). The van der Waals surface area contributed by atoms with Crippen LogP contribution in [0.25, 0.3) is 10.1 Å². The first kappa shape index (κ1) is 13.6. The lowest BCUT2D eigenvalue weighted by Crippen LogP contribution is -2.41. The summed E-state index contributed by atoms with van der Waals surface area (Å²) in [5, 5.41) is 12.8. The van der Waals surface area contributed by atoms with Crippen LogP contribution in [0.3, 0.4) is 0 Å². The Labute approximate surface area is 122 Å². The van der Waals surface area contributed by atoms with E-state index in [1.54, 1.807) is 11.3 Å². The summed E-state index contributed by atoms with van der Waals surface area (Å²) in [5.74, 6) is -0.421. The van der Waals surface area contributed by atoms with Crippen LogP contribution < -0.4 is 0 Å². The molecule has 0 bridgehead atoms. The molecule has 20 heavy (non-hydrogen) atoms. The highest BCUT2D eigenvalue weighted by atomic mass is 32.1. The number of benzene rings is 1. The van der Waals surface area contributed by atoms with Crippen LogP contribution in [-0.2, 0) is 11.3 Å². The van der Waals surface area contributed by atoms with Gasteiger partial charge in [-0.05, 0) is 34.7 Å². The van der Waals surface area contributed by atoms with E-state index in [1.807, 2.05) is 0 Å². The Morgan fingerprint density at radius 2 is 2.20 bits per heavy atom. The average Bonchev–Trinajstić information content (AvgIpc) is 2.82. The summed E-state index contributed by atoms with van der Waals surface area (Å²) < 4.78 is 1.31. The maximum atomic E-state index is 11.2. The number of hydrogen-bond acceptors (Lipinski definition) is 3. The molecule has 1 aliphatic rings. The SMILES string of the molecule is CC1CC(C(=O)O)CN(Cc2csc3ccccc23)C1. The molecule has 3 rings (SSSR count). The second-order valence-corrected chi connectivity index (χ2v) is 6.74. The van der Waals surface area contributed by atoms with Crippen molar-refractivity contribution in [2.45, 2.75) is 19.9 Å². The molecule has 2 aromatic rings.